The molecule has 0 aromatic heterocycles. The van der Waals surface area contributed by atoms with E-state index in [1.807, 2.05) is 18.2 Å². The first-order valence-electron chi connectivity index (χ1n) is 8.03. The molecule has 0 aliphatic heterocycles. The van der Waals surface area contributed by atoms with Crippen LogP contribution in [0.4, 0.5) is 0 Å². The van der Waals surface area contributed by atoms with Gasteiger partial charge in [-0.15, -0.1) is 0 Å². The number of benzene rings is 1. The number of hydrogen-bond acceptors (Lipinski definition) is 4. The second-order valence-electron chi connectivity index (χ2n) is 6.21. The third kappa shape index (κ3) is 10.3. The monoisotopic (exact) mass is 443 g/mol. The molecule has 0 aliphatic rings. The zero-order valence-electron chi connectivity index (χ0n) is 14.2. The van der Waals surface area contributed by atoms with Crippen LogP contribution in [0.25, 0.3) is 0 Å². The quantitative estimate of drug-likeness (QED) is 0.189. The van der Waals surface area contributed by atoms with Crippen molar-refractivity contribution in [2.75, 3.05) is 20.1 Å². The second-order valence-corrected chi connectivity index (χ2v) is 10.2. The molecule has 8 nitrogen and oxygen atoms in total. The summed E-state index contributed by atoms with van der Waals surface area (Å²) in [5.41, 5.74) is 1.27. The van der Waals surface area contributed by atoms with Crippen molar-refractivity contribution in [3.63, 3.8) is 0 Å². The number of rotatable bonds is 11. The molecule has 0 aliphatic carbocycles. The van der Waals surface area contributed by atoms with Gasteiger partial charge in [0.25, 0.3) is 5.08 Å². The predicted molar refractivity (Wildman–Crippen MR) is 109 cm³/mol. The SMILES string of the molecule is CN(CCCCCc1ccccc1)CCC(O)(P(=O)(O)O)P(=O)(O)O.[NaH].[NaH]. The zero-order valence-corrected chi connectivity index (χ0v) is 16.0. The molecule has 27 heavy (non-hydrogen) atoms. The Kier molecular flexibility index (Phi) is 15.5. The number of hydrogen-bond donors (Lipinski definition) is 5. The third-order valence-corrected chi connectivity index (χ3v) is 7.99. The molecule has 1 aromatic rings. The topological polar surface area (TPSA) is 139 Å². The molecule has 0 radical (unpaired) electrons. The van der Waals surface area contributed by atoms with Gasteiger partial charge in [0.15, 0.2) is 0 Å². The van der Waals surface area contributed by atoms with Crippen LogP contribution in [0.1, 0.15) is 31.2 Å². The molecule has 0 bridgehead atoms. The van der Waals surface area contributed by atoms with E-state index in [0.717, 1.165) is 25.7 Å². The average molecular weight is 443 g/mol. The fourth-order valence-corrected chi connectivity index (χ4v) is 4.59. The van der Waals surface area contributed by atoms with Crippen molar-refractivity contribution in [2.24, 2.45) is 0 Å². The van der Waals surface area contributed by atoms with E-state index in [2.05, 4.69) is 12.1 Å². The van der Waals surface area contributed by atoms with Crippen molar-refractivity contribution < 1.29 is 33.8 Å². The summed E-state index contributed by atoms with van der Waals surface area (Å²) >= 11 is 0. The molecule has 0 fully saturated rings. The molecule has 0 spiro atoms. The molecule has 0 amide bonds. The molecule has 148 valence electrons. The van der Waals surface area contributed by atoms with Crippen molar-refractivity contribution >= 4 is 74.3 Å². The first-order valence-corrected chi connectivity index (χ1v) is 11.3. The summed E-state index contributed by atoms with van der Waals surface area (Å²) < 4.78 is 22.6. The summed E-state index contributed by atoms with van der Waals surface area (Å²) in [5, 5.41) is 6.48. The molecule has 1 rings (SSSR count). The van der Waals surface area contributed by atoms with E-state index in [0.29, 0.717) is 6.54 Å². The van der Waals surface area contributed by atoms with Crippen molar-refractivity contribution in [3.05, 3.63) is 35.9 Å². The first-order chi connectivity index (χ1) is 11.5. The maximum absolute atomic E-state index is 11.3. The van der Waals surface area contributed by atoms with Gasteiger partial charge in [-0.25, -0.2) is 0 Å². The summed E-state index contributed by atoms with van der Waals surface area (Å²) in [7, 11) is -9.06. The van der Waals surface area contributed by atoms with E-state index >= 15 is 0 Å². The van der Waals surface area contributed by atoms with Crippen LogP contribution in [0, 0.1) is 0 Å². The van der Waals surface area contributed by atoms with Crippen LogP contribution >= 0.6 is 15.2 Å². The van der Waals surface area contributed by atoms with E-state index in [4.69, 9.17) is 19.6 Å². The number of aryl methyl sites for hydroxylation is 1. The first kappa shape index (κ1) is 30.6. The Hall–Kier alpha value is 1.44. The van der Waals surface area contributed by atoms with Crippen molar-refractivity contribution in [3.8, 4) is 0 Å². The Bertz CT molecular complexity index is 602. The molecule has 0 unspecified atom stereocenters. The zero-order chi connectivity index (χ0) is 19.1. The van der Waals surface area contributed by atoms with Gasteiger partial charge in [0.1, 0.15) is 0 Å². The Morgan fingerprint density at radius 1 is 0.889 bits per heavy atom. The van der Waals surface area contributed by atoms with Gasteiger partial charge in [-0.05, 0) is 38.4 Å². The maximum atomic E-state index is 11.3. The van der Waals surface area contributed by atoms with E-state index in [-0.39, 0.29) is 65.7 Å². The molecular formula is C15H29NNa2O7P2. The Balaban J connectivity index is 0. The van der Waals surface area contributed by atoms with E-state index < -0.39 is 26.7 Å². The third-order valence-electron chi connectivity index (χ3n) is 4.11. The molecule has 0 saturated heterocycles. The Morgan fingerprint density at radius 3 is 1.89 bits per heavy atom. The van der Waals surface area contributed by atoms with Crippen LogP contribution in [0.3, 0.4) is 0 Å². The Morgan fingerprint density at radius 2 is 1.41 bits per heavy atom. The van der Waals surface area contributed by atoms with Crippen molar-refractivity contribution in [2.45, 2.75) is 37.2 Å². The minimum absolute atomic E-state index is 0. The summed E-state index contributed by atoms with van der Waals surface area (Å²) in [5.74, 6) is 0. The summed E-state index contributed by atoms with van der Waals surface area (Å²) in [4.78, 5) is 38.1. The van der Waals surface area contributed by atoms with Gasteiger partial charge in [0.2, 0.25) is 0 Å². The van der Waals surface area contributed by atoms with Crippen LogP contribution in [0.2, 0.25) is 0 Å². The number of unbranched alkanes of at least 4 members (excludes halogenated alkanes) is 2. The molecule has 5 N–H and O–H groups in total. The van der Waals surface area contributed by atoms with Crippen LogP contribution in [0.15, 0.2) is 30.3 Å². The Labute approximate surface area is 204 Å². The van der Waals surface area contributed by atoms with E-state index in [9.17, 15) is 14.2 Å². The van der Waals surface area contributed by atoms with E-state index in [1.165, 1.54) is 5.56 Å². The fraction of sp³-hybridized carbons (Fsp3) is 0.600. The van der Waals surface area contributed by atoms with Gasteiger partial charge in [0, 0.05) is 13.0 Å². The molecule has 0 saturated carbocycles. The van der Waals surface area contributed by atoms with Gasteiger partial charge in [-0.1, -0.05) is 36.8 Å². The van der Waals surface area contributed by atoms with Crippen molar-refractivity contribution in [1.29, 1.82) is 0 Å². The molecule has 1 aromatic carbocycles. The van der Waals surface area contributed by atoms with Crippen LogP contribution in [-0.2, 0) is 15.6 Å². The number of nitrogens with zero attached hydrogens (tertiary/aromatic N) is 1. The van der Waals surface area contributed by atoms with Gasteiger partial charge >= 0.3 is 74.3 Å². The van der Waals surface area contributed by atoms with Gasteiger partial charge < -0.3 is 29.6 Å². The van der Waals surface area contributed by atoms with E-state index in [1.54, 1.807) is 11.9 Å². The van der Waals surface area contributed by atoms with Gasteiger partial charge in [-0.2, -0.15) is 0 Å². The fourth-order valence-electron chi connectivity index (χ4n) is 2.45. The summed E-state index contributed by atoms with van der Waals surface area (Å²) in [6.45, 7) is 0.568. The second kappa shape index (κ2) is 13.7. The van der Waals surface area contributed by atoms with Gasteiger partial charge in [-0.3, -0.25) is 9.13 Å². The van der Waals surface area contributed by atoms with Gasteiger partial charge in [0.05, 0.1) is 0 Å². The van der Waals surface area contributed by atoms with Crippen LogP contribution < -0.4 is 0 Å². The van der Waals surface area contributed by atoms with Crippen LogP contribution in [-0.4, -0.2) is 114 Å². The van der Waals surface area contributed by atoms with Crippen LogP contribution in [0.5, 0.6) is 0 Å². The molecular weight excluding hydrogens is 414 g/mol. The number of aliphatic hydroxyl groups is 1. The molecule has 12 heteroatoms. The molecule has 0 heterocycles. The normalized spacial score (nSPS) is 12.4. The molecule has 0 atom stereocenters. The van der Waals surface area contributed by atoms with Crippen molar-refractivity contribution in [1.82, 2.24) is 4.90 Å². The summed E-state index contributed by atoms with van der Waals surface area (Å²) in [6, 6.07) is 10.1. The standard InChI is InChI=1S/C15H27NO7P2.2Na.2H/c1-16(12-7-3-6-10-14-8-4-2-5-9-14)13-11-15(17,24(18,19)20)25(21,22)23;;;;/h2,4-5,8-9,17H,3,6-7,10-13H2,1H3,(H2,18,19,20)(H2,21,22,23);;;;. The predicted octanol–water partition coefficient (Wildman–Crippen LogP) is 0.426. The minimum atomic E-state index is -5.37. The average Bonchev–Trinajstić information content (AvgIpc) is 2.51. The summed E-state index contributed by atoms with van der Waals surface area (Å²) in [6.07, 6.45) is 3.07.